The van der Waals surface area contributed by atoms with Crippen molar-refractivity contribution in [3.63, 3.8) is 0 Å². The van der Waals surface area contributed by atoms with E-state index in [4.69, 9.17) is 22.7 Å². The molecule has 0 aliphatic carbocycles. The Bertz CT molecular complexity index is 312. The third-order valence-corrected chi connectivity index (χ3v) is 3.68. The number of morpholine rings is 1. The number of nitrogens with two attached hydrogens (primary N) is 1. The van der Waals surface area contributed by atoms with Crippen molar-refractivity contribution in [3.8, 4) is 0 Å². The van der Waals surface area contributed by atoms with Gasteiger partial charge in [0.2, 0.25) is 5.91 Å². The zero-order chi connectivity index (χ0) is 14.3. The van der Waals surface area contributed by atoms with Crippen molar-refractivity contribution in [2.75, 3.05) is 26.2 Å². The number of thiocarbonyl (C=S) groups is 1. The molecule has 0 radical (unpaired) electrons. The van der Waals surface area contributed by atoms with E-state index in [9.17, 15) is 4.79 Å². The molecule has 0 bridgehead atoms. The van der Waals surface area contributed by atoms with Crippen molar-refractivity contribution >= 4 is 23.1 Å². The average molecular weight is 287 g/mol. The Morgan fingerprint density at radius 1 is 1.58 bits per heavy atom. The first kappa shape index (κ1) is 16.3. The molecule has 0 aromatic rings. The fourth-order valence-electron chi connectivity index (χ4n) is 2.09. The van der Waals surface area contributed by atoms with Gasteiger partial charge in [0, 0.05) is 19.6 Å². The molecule has 1 amide bonds. The number of unbranched alkanes of at least 4 members (excludes halogenated alkanes) is 2. The van der Waals surface area contributed by atoms with Crippen molar-refractivity contribution < 1.29 is 9.53 Å². The van der Waals surface area contributed by atoms with Crippen LogP contribution in [0.3, 0.4) is 0 Å². The molecule has 0 aromatic heterocycles. The molecule has 2 atom stereocenters. The summed E-state index contributed by atoms with van der Waals surface area (Å²) in [4.78, 5) is 14.5. The molecule has 1 aliphatic heterocycles. The standard InChI is InChI=1S/C13H25N3O2S/c1-3-4-5-6-15-13(17)10(2)16-7-8-18-11(9-16)12(14)19/h10-11H,3-9H2,1-2H3,(H2,14,19)(H,15,17). The summed E-state index contributed by atoms with van der Waals surface area (Å²) in [7, 11) is 0. The molecule has 3 N–H and O–H groups in total. The number of amides is 1. The number of carbonyl (C=O) groups excluding carboxylic acids is 1. The molecule has 110 valence electrons. The van der Waals surface area contributed by atoms with E-state index in [1.165, 1.54) is 0 Å². The molecular weight excluding hydrogens is 262 g/mol. The topological polar surface area (TPSA) is 67.6 Å². The Balaban J connectivity index is 2.36. The van der Waals surface area contributed by atoms with Gasteiger partial charge in [-0.05, 0) is 13.3 Å². The van der Waals surface area contributed by atoms with E-state index in [1.807, 2.05) is 6.92 Å². The van der Waals surface area contributed by atoms with E-state index in [1.54, 1.807) is 0 Å². The van der Waals surface area contributed by atoms with Crippen LogP contribution in [0.2, 0.25) is 0 Å². The second kappa shape index (κ2) is 8.45. The Kier molecular flexibility index (Phi) is 7.27. The van der Waals surface area contributed by atoms with E-state index in [0.29, 0.717) is 18.1 Å². The van der Waals surface area contributed by atoms with E-state index in [-0.39, 0.29) is 18.1 Å². The lowest BCUT2D eigenvalue weighted by Crippen LogP contribution is -2.54. The van der Waals surface area contributed by atoms with Crippen molar-refractivity contribution in [3.05, 3.63) is 0 Å². The molecule has 19 heavy (non-hydrogen) atoms. The first-order valence-corrected chi connectivity index (χ1v) is 7.39. The largest absolute Gasteiger partial charge is 0.391 e. The van der Waals surface area contributed by atoms with Gasteiger partial charge >= 0.3 is 0 Å². The van der Waals surface area contributed by atoms with Crippen LogP contribution < -0.4 is 11.1 Å². The average Bonchev–Trinajstić information content (AvgIpc) is 2.42. The summed E-state index contributed by atoms with van der Waals surface area (Å²) in [6.07, 6.45) is 3.10. The van der Waals surface area contributed by atoms with Crippen LogP contribution in [0.15, 0.2) is 0 Å². The van der Waals surface area contributed by atoms with Gasteiger partial charge in [-0.25, -0.2) is 0 Å². The number of hydrogen-bond donors (Lipinski definition) is 2. The summed E-state index contributed by atoms with van der Waals surface area (Å²) in [6.45, 7) is 6.71. The van der Waals surface area contributed by atoms with Crippen LogP contribution in [0.5, 0.6) is 0 Å². The normalized spacial score (nSPS) is 21.9. The predicted octanol–water partition coefficient (Wildman–Crippen LogP) is 0.668. The Labute approximate surface area is 120 Å². The zero-order valence-corrected chi connectivity index (χ0v) is 12.7. The minimum atomic E-state index is -0.237. The van der Waals surface area contributed by atoms with Crippen LogP contribution >= 0.6 is 12.2 Å². The number of hydrogen-bond acceptors (Lipinski definition) is 4. The molecular formula is C13H25N3O2S. The number of nitrogens with one attached hydrogen (secondary N) is 1. The third-order valence-electron chi connectivity index (χ3n) is 3.42. The van der Waals surface area contributed by atoms with Gasteiger partial charge in [0.1, 0.15) is 11.1 Å². The van der Waals surface area contributed by atoms with Gasteiger partial charge < -0.3 is 15.8 Å². The minimum Gasteiger partial charge on any atom is -0.391 e. The molecule has 0 saturated carbocycles. The van der Waals surface area contributed by atoms with Gasteiger partial charge in [0.15, 0.2) is 0 Å². The van der Waals surface area contributed by atoms with Crippen LogP contribution in [0.25, 0.3) is 0 Å². The van der Waals surface area contributed by atoms with Crippen LogP contribution in [0, 0.1) is 0 Å². The molecule has 0 spiro atoms. The summed E-state index contributed by atoms with van der Waals surface area (Å²) >= 11 is 4.95. The van der Waals surface area contributed by atoms with Gasteiger partial charge in [-0.1, -0.05) is 32.0 Å². The smallest absolute Gasteiger partial charge is 0.237 e. The molecule has 1 rings (SSSR count). The first-order valence-electron chi connectivity index (χ1n) is 6.99. The second-order valence-corrected chi connectivity index (χ2v) is 5.40. The summed E-state index contributed by atoms with van der Waals surface area (Å²) < 4.78 is 5.47. The van der Waals surface area contributed by atoms with Crippen molar-refractivity contribution in [1.29, 1.82) is 0 Å². The van der Waals surface area contributed by atoms with E-state index >= 15 is 0 Å². The second-order valence-electron chi connectivity index (χ2n) is 4.93. The van der Waals surface area contributed by atoms with Gasteiger partial charge in [-0.2, -0.15) is 0 Å². The summed E-state index contributed by atoms with van der Waals surface area (Å²) in [5.41, 5.74) is 5.60. The SMILES string of the molecule is CCCCCNC(=O)C(C)N1CCOC(C(N)=S)C1. The summed E-state index contributed by atoms with van der Waals surface area (Å²) in [5, 5.41) is 2.97. The highest BCUT2D eigenvalue weighted by atomic mass is 32.1. The molecule has 1 saturated heterocycles. The van der Waals surface area contributed by atoms with Crippen molar-refractivity contribution in [2.45, 2.75) is 45.3 Å². The highest BCUT2D eigenvalue weighted by Gasteiger charge is 2.28. The fourth-order valence-corrected chi connectivity index (χ4v) is 2.24. The van der Waals surface area contributed by atoms with Crippen LogP contribution in [-0.2, 0) is 9.53 Å². The van der Waals surface area contributed by atoms with Crippen LogP contribution in [-0.4, -0.2) is 54.2 Å². The number of ether oxygens (including phenoxy) is 1. The van der Waals surface area contributed by atoms with Crippen LogP contribution in [0.4, 0.5) is 0 Å². The van der Waals surface area contributed by atoms with Gasteiger partial charge in [0.05, 0.1) is 12.6 Å². The molecule has 6 heteroatoms. The Morgan fingerprint density at radius 3 is 2.95 bits per heavy atom. The Hall–Kier alpha value is -0.720. The predicted molar refractivity (Wildman–Crippen MR) is 80.1 cm³/mol. The molecule has 2 unspecified atom stereocenters. The Morgan fingerprint density at radius 2 is 2.32 bits per heavy atom. The van der Waals surface area contributed by atoms with Gasteiger partial charge in [0.25, 0.3) is 0 Å². The lowest BCUT2D eigenvalue weighted by Gasteiger charge is -2.35. The minimum absolute atomic E-state index is 0.0692. The third kappa shape index (κ3) is 5.42. The van der Waals surface area contributed by atoms with Gasteiger partial charge in [-0.3, -0.25) is 9.69 Å². The zero-order valence-electron chi connectivity index (χ0n) is 11.9. The number of rotatable bonds is 7. The fraction of sp³-hybridized carbons (Fsp3) is 0.846. The highest BCUT2D eigenvalue weighted by molar-refractivity contribution is 7.80. The first-order chi connectivity index (χ1) is 9.06. The molecule has 1 fully saturated rings. The molecule has 0 aromatic carbocycles. The van der Waals surface area contributed by atoms with Gasteiger partial charge in [-0.15, -0.1) is 0 Å². The lowest BCUT2D eigenvalue weighted by atomic mass is 10.2. The van der Waals surface area contributed by atoms with Crippen LogP contribution in [0.1, 0.15) is 33.1 Å². The lowest BCUT2D eigenvalue weighted by molar-refractivity contribution is -0.128. The molecule has 1 aliphatic rings. The number of nitrogens with zero attached hydrogens (tertiary/aromatic N) is 1. The monoisotopic (exact) mass is 287 g/mol. The maximum Gasteiger partial charge on any atom is 0.237 e. The highest BCUT2D eigenvalue weighted by Crippen LogP contribution is 2.09. The summed E-state index contributed by atoms with van der Waals surface area (Å²) in [5.74, 6) is 0.0692. The van der Waals surface area contributed by atoms with E-state index < -0.39 is 0 Å². The molecule has 5 nitrogen and oxygen atoms in total. The van der Waals surface area contributed by atoms with Crippen molar-refractivity contribution in [2.24, 2.45) is 5.73 Å². The van der Waals surface area contributed by atoms with E-state index in [2.05, 4.69) is 17.1 Å². The molecule has 1 heterocycles. The maximum atomic E-state index is 12.0. The van der Waals surface area contributed by atoms with E-state index in [0.717, 1.165) is 32.4 Å². The quantitative estimate of drug-likeness (QED) is 0.532. The summed E-state index contributed by atoms with van der Waals surface area (Å²) in [6, 6.07) is -0.164. The maximum absolute atomic E-state index is 12.0. The number of carbonyl (C=O) groups is 1. The van der Waals surface area contributed by atoms with Crippen molar-refractivity contribution in [1.82, 2.24) is 10.2 Å².